The molecular weight excluding hydrogens is 324 g/mol. The first kappa shape index (κ1) is 21.7. The van der Waals surface area contributed by atoms with Crippen molar-refractivity contribution in [2.75, 3.05) is 0 Å². The largest absolute Gasteiger partial charge is 0.0873 e. The second-order valence-electron chi connectivity index (χ2n) is 7.81. The van der Waals surface area contributed by atoms with Crippen molar-refractivity contribution in [3.63, 3.8) is 0 Å². The molecule has 0 spiro atoms. The Kier molecular flexibility index (Phi) is 8.61. The van der Waals surface area contributed by atoms with Crippen LogP contribution in [0.15, 0.2) is 59.2 Å². The van der Waals surface area contributed by atoms with E-state index in [-0.39, 0.29) is 5.41 Å². The summed E-state index contributed by atoms with van der Waals surface area (Å²) < 4.78 is 0. The molecule has 1 aliphatic rings. The van der Waals surface area contributed by atoms with Crippen molar-refractivity contribution in [3.05, 3.63) is 64.8 Å². The lowest BCUT2D eigenvalue weighted by Gasteiger charge is -2.33. The first-order chi connectivity index (χ1) is 13.2. The minimum Gasteiger partial charge on any atom is -0.0873 e. The van der Waals surface area contributed by atoms with Crippen LogP contribution < -0.4 is 0 Å². The van der Waals surface area contributed by atoms with Crippen molar-refractivity contribution in [1.29, 1.82) is 0 Å². The van der Waals surface area contributed by atoms with Gasteiger partial charge >= 0.3 is 0 Å². The van der Waals surface area contributed by atoms with E-state index in [9.17, 15) is 0 Å². The fraction of sp³-hybridized carbons (Fsp3) is 0.556. The number of hydrogen-bond acceptors (Lipinski definition) is 0. The van der Waals surface area contributed by atoms with E-state index in [1.54, 1.807) is 22.3 Å². The molecule has 0 amide bonds. The standard InChI is InChI=1S/C27H40/c1-6-11-12-13-14-18-21-27(10-5)25(9-4)23(7-2)24(8-3)26(27)22-19-16-15-17-20-22/h15-21H,6-14H2,1-5H3/b21-18+. The first-order valence-corrected chi connectivity index (χ1v) is 11.4. The van der Waals surface area contributed by atoms with Crippen molar-refractivity contribution < 1.29 is 0 Å². The van der Waals surface area contributed by atoms with Crippen LogP contribution in [0.25, 0.3) is 5.57 Å². The van der Waals surface area contributed by atoms with E-state index in [0.29, 0.717) is 0 Å². The van der Waals surface area contributed by atoms with E-state index in [1.807, 2.05) is 0 Å². The molecule has 0 saturated carbocycles. The van der Waals surface area contributed by atoms with Crippen LogP contribution in [0.1, 0.15) is 98.0 Å². The van der Waals surface area contributed by atoms with E-state index >= 15 is 0 Å². The zero-order valence-corrected chi connectivity index (χ0v) is 18.4. The summed E-state index contributed by atoms with van der Waals surface area (Å²) in [6, 6.07) is 11.2. The monoisotopic (exact) mass is 364 g/mol. The molecule has 0 radical (unpaired) electrons. The van der Waals surface area contributed by atoms with Crippen LogP contribution in [0.4, 0.5) is 0 Å². The normalized spacial score (nSPS) is 20.3. The lowest BCUT2D eigenvalue weighted by atomic mass is 9.70. The Morgan fingerprint density at radius 1 is 0.778 bits per heavy atom. The Morgan fingerprint density at radius 3 is 2.04 bits per heavy atom. The maximum atomic E-state index is 2.58. The van der Waals surface area contributed by atoms with Gasteiger partial charge in [-0.15, -0.1) is 0 Å². The summed E-state index contributed by atoms with van der Waals surface area (Å²) in [7, 11) is 0. The van der Waals surface area contributed by atoms with Gasteiger partial charge in [0.05, 0.1) is 0 Å². The third-order valence-electron chi connectivity index (χ3n) is 6.32. The smallest absolute Gasteiger partial charge is 0.0353 e. The van der Waals surface area contributed by atoms with Crippen molar-refractivity contribution >= 4 is 5.57 Å². The summed E-state index contributed by atoms with van der Waals surface area (Å²) in [4.78, 5) is 0. The van der Waals surface area contributed by atoms with E-state index in [1.165, 1.54) is 37.7 Å². The summed E-state index contributed by atoms with van der Waals surface area (Å²) in [6.45, 7) is 11.7. The minimum absolute atomic E-state index is 0.0948. The molecule has 0 N–H and O–H groups in total. The molecule has 0 saturated heterocycles. The summed E-state index contributed by atoms with van der Waals surface area (Å²) in [5.74, 6) is 0. The lowest BCUT2D eigenvalue weighted by molar-refractivity contribution is 0.564. The van der Waals surface area contributed by atoms with Gasteiger partial charge in [-0.05, 0) is 60.8 Å². The molecule has 1 aliphatic carbocycles. The van der Waals surface area contributed by atoms with Crippen LogP contribution in [0.5, 0.6) is 0 Å². The van der Waals surface area contributed by atoms with Crippen molar-refractivity contribution in [2.24, 2.45) is 5.41 Å². The fourth-order valence-electron chi connectivity index (χ4n) is 5.07. The topological polar surface area (TPSA) is 0 Å². The molecule has 148 valence electrons. The quantitative estimate of drug-likeness (QED) is 0.271. The molecule has 0 bridgehead atoms. The highest BCUT2D eigenvalue weighted by Crippen LogP contribution is 2.57. The Morgan fingerprint density at radius 2 is 1.48 bits per heavy atom. The molecule has 0 aliphatic heterocycles. The Bertz CT molecular complexity index is 671. The molecule has 0 nitrogen and oxygen atoms in total. The lowest BCUT2D eigenvalue weighted by Crippen LogP contribution is -2.20. The molecule has 1 aromatic carbocycles. The van der Waals surface area contributed by atoms with Gasteiger partial charge < -0.3 is 0 Å². The highest BCUT2D eigenvalue weighted by Gasteiger charge is 2.42. The van der Waals surface area contributed by atoms with Gasteiger partial charge in [-0.3, -0.25) is 0 Å². The number of allylic oxidation sites excluding steroid dienone is 6. The van der Waals surface area contributed by atoms with Crippen molar-refractivity contribution in [2.45, 2.75) is 92.4 Å². The third kappa shape index (κ3) is 4.48. The Labute approximate surface area is 168 Å². The number of benzene rings is 1. The maximum absolute atomic E-state index is 2.58. The van der Waals surface area contributed by atoms with E-state index in [0.717, 1.165) is 25.7 Å². The van der Waals surface area contributed by atoms with Crippen LogP contribution in [0.2, 0.25) is 0 Å². The third-order valence-corrected chi connectivity index (χ3v) is 6.32. The molecule has 1 atom stereocenters. The second-order valence-corrected chi connectivity index (χ2v) is 7.81. The highest BCUT2D eigenvalue weighted by molar-refractivity contribution is 5.85. The predicted octanol–water partition coefficient (Wildman–Crippen LogP) is 8.90. The van der Waals surface area contributed by atoms with Gasteiger partial charge in [-0.2, -0.15) is 0 Å². The van der Waals surface area contributed by atoms with Gasteiger partial charge in [-0.1, -0.05) is 102 Å². The molecule has 0 heteroatoms. The van der Waals surface area contributed by atoms with E-state index < -0.39 is 0 Å². The van der Waals surface area contributed by atoms with Gasteiger partial charge in [0.1, 0.15) is 0 Å². The average molecular weight is 365 g/mol. The average Bonchev–Trinajstić information content (AvgIpc) is 3.00. The van der Waals surface area contributed by atoms with Crippen LogP contribution in [0, 0.1) is 5.41 Å². The summed E-state index contributed by atoms with van der Waals surface area (Å²) >= 11 is 0. The van der Waals surface area contributed by atoms with Crippen molar-refractivity contribution in [1.82, 2.24) is 0 Å². The van der Waals surface area contributed by atoms with Gasteiger partial charge in [0.15, 0.2) is 0 Å². The van der Waals surface area contributed by atoms with Gasteiger partial charge in [0, 0.05) is 5.41 Å². The molecule has 1 unspecified atom stereocenters. The maximum Gasteiger partial charge on any atom is 0.0353 e. The molecule has 0 heterocycles. The van der Waals surface area contributed by atoms with E-state index in [2.05, 4.69) is 77.1 Å². The molecule has 0 fully saturated rings. The van der Waals surface area contributed by atoms with Gasteiger partial charge in [0.25, 0.3) is 0 Å². The summed E-state index contributed by atoms with van der Waals surface area (Å²) in [5.41, 5.74) is 8.02. The van der Waals surface area contributed by atoms with Crippen LogP contribution in [0.3, 0.4) is 0 Å². The predicted molar refractivity (Wildman–Crippen MR) is 122 cm³/mol. The Hall–Kier alpha value is -1.56. The molecule has 27 heavy (non-hydrogen) atoms. The first-order valence-electron chi connectivity index (χ1n) is 11.4. The molecule has 1 aromatic rings. The minimum atomic E-state index is 0.0948. The van der Waals surface area contributed by atoms with Crippen LogP contribution in [-0.2, 0) is 0 Å². The van der Waals surface area contributed by atoms with Gasteiger partial charge in [-0.25, -0.2) is 0 Å². The second kappa shape index (κ2) is 10.7. The highest BCUT2D eigenvalue weighted by atomic mass is 14.4. The van der Waals surface area contributed by atoms with Crippen LogP contribution >= 0.6 is 0 Å². The number of unbranched alkanes of at least 4 members (excludes halogenated alkanes) is 4. The molecule has 2 rings (SSSR count). The van der Waals surface area contributed by atoms with Crippen molar-refractivity contribution in [3.8, 4) is 0 Å². The van der Waals surface area contributed by atoms with Gasteiger partial charge in [0.2, 0.25) is 0 Å². The Balaban J connectivity index is 2.50. The molecular formula is C27H40. The zero-order chi connectivity index (χ0) is 19.7. The molecule has 0 aromatic heterocycles. The van der Waals surface area contributed by atoms with E-state index in [4.69, 9.17) is 0 Å². The summed E-state index contributed by atoms with van der Waals surface area (Å²) in [5, 5.41) is 0. The summed E-state index contributed by atoms with van der Waals surface area (Å²) in [6.07, 6.45) is 16.2. The fourth-order valence-corrected chi connectivity index (χ4v) is 5.07. The van der Waals surface area contributed by atoms with Crippen LogP contribution in [-0.4, -0.2) is 0 Å². The number of hydrogen-bond donors (Lipinski definition) is 0. The SMILES string of the molecule is CCCCCC/C=C/C1(CC)C(CC)=C(CC)C(CC)=C1c1ccccc1. The number of rotatable bonds is 11. The zero-order valence-electron chi connectivity index (χ0n) is 18.4.